The molecular formula is C11H22N4. The Morgan fingerprint density at radius 3 is 2.87 bits per heavy atom. The molecule has 0 aliphatic heterocycles. The zero-order chi connectivity index (χ0) is 10.9. The van der Waals surface area contributed by atoms with Crippen LogP contribution >= 0.6 is 0 Å². The maximum atomic E-state index is 4.09. The van der Waals surface area contributed by atoms with Crippen LogP contribution in [0.5, 0.6) is 0 Å². The van der Waals surface area contributed by atoms with E-state index in [1.807, 2.05) is 4.68 Å². The smallest absolute Gasteiger partial charge is 0.137 e. The Labute approximate surface area is 92.1 Å². The molecule has 0 spiro atoms. The van der Waals surface area contributed by atoms with Gasteiger partial charge in [0, 0.05) is 12.6 Å². The first kappa shape index (κ1) is 12.2. The minimum absolute atomic E-state index is 0.661. The molecule has 0 bridgehead atoms. The van der Waals surface area contributed by atoms with Crippen LogP contribution in [0.1, 0.15) is 39.5 Å². The van der Waals surface area contributed by atoms with Gasteiger partial charge in [0.25, 0.3) is 0 Å². The van der Waals surface area contributed by atoms with Crippen molar-refractivity contribution in [2.45, 2.75) is 52.1 Å². The second-order valence-corrected chi connectivity index (χ2v) is 3.86. The normalized spacial score (nSPS) is 12.9. The van der Waals surface area contributed by atoms with Gasteiger partial charge < -0.3 is 5.32 Å². The highest BCUT2D eigenvalue weighted by atomic mass is 15.3. The summed E-state index contributed by atoms with van der Waals surface area (Å²) in [5.41, 5.74) is 0. The Hall–Kier alpha value is -0.900. The second kappa shape index (κ2) is 7.40. The molecule has 1 rings (SSSR count). The fourth-order valence-corrected chi connectivity index (χ4v) is 1.65. The standard InChI is InChI=1S/C11H22N4/c1-3-7-13-11(4-2)6-5-8-15-10-12-9-14-15/h9-11,13H,3-8H2,1-2H3. The summed E-state index contributed by atoms with van der Waals surface area (Å²) in [6, 6.07) is 0.661. The highest BCUT2D eigenvalue weighted by Crippen LogP contribution is 2.03. The SMILES string of the molecule is CCCNC(CC)CCCn1cncn1. The lowest BCUT2D eigenvalue weighted by molar-refractivity contribution is 0.431. The molecular weight excluding hydrogens is 188 g/mol. The molecule has 0 aromatic carbocycles. The van der Waals surface area contributed by atoms with Crippen LogP contribution in [-0.2, 0) is 6.54 Å². The molecule has 1 N–H and O–H groups in total. The Balaban J connectivity index is 2.11. The average molecular weight is 210 g/mol. The van der Waals surface area contributed by atoms with Crippen LogP contribution in [0.25, 0.3) is 0 Å². The van der Waals surface area contributed by atoms with Gasteiger partial charge in [0.15, 0.2) is 0 Å². The third-order valence-electron chi connectivity index (χ3n) is 2.58. The molecule has 15 heavy (non-hydrogen) atoms. The summed E-state index contributed by atoms with van der Waals surface area (Å²) < 4.78 is 1.90. The molecule has 0 saturated carbocycles. The molecule has 86 valence electrons. The topological polar surface area (TPSA) is 42.7 Å². The lowest BCUT2D eigenvalue weighted by Crippen LogP contribution is -2.29. The zero-order valence-corrected chi connectivity index (χ0v) is 9.82. The largest absolute Gasteiger partial charge is 0.314 e. The zero-order valence-electron chi connectivity index (χ0n) is 9.82. The number of hydrogen-bond donors (Lipinski definition) is 1. The summed E-state index contributed by atoms with van der Waals surface area (Å²) in [5.74, 6) is 0. The predicted molar refractivity (Wildman–Crippen MR) is 61.6 cm³/mol. The number of nitrogens with one attached hydrogen (secondary N) is 1. The van der Waals surface area contributed by atoms with Crippen molar-refractivity contribution in [1.29, 1.82) is 0 Å². The molecule has 0 amide bonds. The Morgan fingerprint density at radius 2 is 2.27 bits per heavy atom. The first-order chi connectivity index (χ1) is 7.36. The molecule has 4 heteroatoms. The molecule has 1 aromatic heterocycles. The molecule has 0 fully saturated rings. The van der Waals surface area contributed by atoms with Crippen LogP contribution in [0.2, 0.25) is 0 Å². The molecule has 0 saturated heterocycles. The molecule has 0 aliphatic carbocycles. The van der Waals surface area contributed by atoms with Crippen molar-refractivity contribution in [3.05, 3.63) is 12.7 Å². The molecule has 0 aliphatic rings. The summed E-state index contributed by atoms with van der Waals surface area (Å²) in [5, 5.41) is 7.64. The van der Waals surface area contributed by atoms with Crippen molar-refractivity contribution in [3.8, 4) is 0 Å². The summed E-state index contributed by atoms with van der Waals surface area (Å²) in [4.78, 5) is 3.93. The van der Waals surface area contributed by atoms with Crippen LogP contribution in [0.15, 0.2) is 12.7 Å². The maximum Gasteiger partial charge on any atom is 0.137 e. The van der Waals surface area contributed by atoms with Gasteiger partial charge in [-0.2, -0.15) is 5.10 Å². The number of aromatic nitrogens is 3. The average Bonchev–Trinajstić information content (AvgIpc) is 2.76. The van der Waals surface area contributed by atoms with Gasteiger partial charge in [0.2, 0.25) is 0 Å². The second-order valence-electron chi connectivity index (χ2n) is 3.86. The minimum atomic E-state index is 0.661. The van der Waals surface area contributed by atoms with Crippen molar-refractivity contribution in [1.82, 2.24) is 20.1 Å². The number of aryl methyl sites for hydroxylation is 1. The number of nitrogens with zero attached hydrogens (tertiary/aromatic N) is 3. The van der Waals surface area contributed by atoms with E-state index in [1.54, 1.807) is 12.7 Å². The molecule has 1 aromatic rings. The van der Waals surface area contributed by atoms with E-state index in [-0.39, 0.29) is 0 Å². The van der Waals surface area contributed by atoms with Crippen LogP contribution in [0.3, 0.4) is 0 Å². The summed E-state index contributed by atoms with van der Waals surface area (Å²) >= 11 is 0. The lowest BCUT2D eigenvalue weighted by atomic mass is 10.1. The first-order valence-electron chi connectivity index (χ1n) is 5.92. The minimum Gasteiger partial charge on any atom is -0.314 e. The van der Waals surface area contributed by atoms with E-state index in [2.05, 4.69) is 29.2 Å². The van der Waals surface area contributed by atoms with E-state index in [1.165, 1.54) is 25.7 Å². The van der Waals surface area contributed by atoms with Gasteiger partial charge in [0.1, 0.15) is 12.7 Å². The van der Waals surface area contributed by atoms with Crippen molar-refractivity contribution in [3.63, 3.8) is 0 Å². The van der Waals surface area contributed by atoms with Crippen molar-refractivity contribution in [2.75, 3.05) is 6.54 Å². The van der Waals surface area contributed by atoms with Crippen molar-refractivity contribution < 1.29 is 0 Å². The predicted octanol–water partition coefficient (Wildman–Crippen LogP) is 1.84. The molecule has 1 unspecified atom stereocenters. The van der Waals surface area contributed by atoms with E-state index in [0.717, 1.165) is 13.1 Å². The molecule has 1 atom stereocenters. The third-order valence-corrected chi connectivity index (χ3v) is 2.58. The van der Waals surface area contributed by atoms with Crippen LogP contribution in [0, 0.1) is 0 Å². The van der Waals surface area contributed by atoms with E-state index in [0.29, 0.717) is 6.04 Å². The third kappa shape index (κ3) is 4.93. The highest BCUT2D eigenvalue weighted by molar-refractivity contribution is 4.65. The number of rotatable bonds is 8. The quantitative estimate of drug-likeness (QED) is 0.712. The van der Waals surface area contributed by atoms with Crippen LogP contribution in [-0.4, -0.2) is 27.4 Å². The van der Waals surface area contributed by atoms with Gasteiger partial charge >= 0.3 is 0 Å². The van der Waals surface area contributed by atoms with Gasteiger partial charge in [-0.05, 0) is 32.2 Å². The summed E-state index contributed by atoms with van der Waals surface area (Å²) in [6.45, 7) is 6.55. The molecule has 0 radical (unpaired) electrons. The lowest BCUT2D eigenvalue weighted by Gasteiger charge is -2.16. The van der Waals surface area contributed by atoms with Gasteiger partial charge in [0.05, 0.1) is 0 Å². The molecule has 4 nitrogen and oxygen atoms in total. The maximum absolute atomic E-state index is 4.09. The van der Waals surface area contributed by atoms with Gasteiger partial charge in [-0.1, -0.05) is 13.8 Å². The monoisotopic (exact) mass is 210 g/mol. The van der Waals surface area contributed by atoms with Crippen LogP contribution < -0.4 is 5.32 Å². The van der Waals surface area contributed by atoms with Gasteiger partial charge in [-0.3, -0.25) is 4.68 Å². The van der Waals surface area contributed by atoms with E-state index < -0.39 is 0 Å². The van der Waals surface area contributed by atoms with Crippen molar-refractivity contribution in [2.24, 2.45) is 0 Å². The summed E-state index contributed by atoms with van der Waals surface area (Å²) in [6.07, 6.45) is 8.17. The highest BCUT2D eigenvalue weighted by Gasteiger charge is 2.04. The van der Waals surface area contributed by atoms with Gasteiger partial charge in [-0.25, -0.2) is 4.98 Å². The first-order valence-corrected chi connectivity index (χ1v) is 5.92. The van der Waals surface area contributed by atoms with Crippen molar-refractivity contribution >= 4 is 0 Å². The Morgan fingerprint density at radius 1 is 1.40 bits per heavy atom. The fourth-order valence-electron chi connectivity index (χ4n) is 1.65. The van der Waals surface area contributed by atoms with Crippen LogP contribution in [0.4, 0.5) is 0 Å². The number of hydrogen-bond acceptors (Lipinski definition) is 3. The van der Waals surface area contributed by atoms with Gasteiger partial charge in [-0.15, -0.1) is 0 Å². The molecule has 1 heterocycles. The summed E-state index contributed by atoms with van der Waals surface area (Å²) in [7, 11) is 0. The van der Waals surface area contributed by atoms with E-state index in [4.69, 9.17) is 0 Å². The Kier molecular flexibility index (Phi) is 6.00. The Bertz CT molecular complexity index is 233. The fraction of sp³-hybridized carbons (Fsp3) is 0.818. The van der Waals surface area contributed by atoms with E-state index >= 15 is 0 Å². The van der Waals surface area contributed by atoms with E-state index in [9.17, 15) is 0 Å².